The molecule has 1 aromatic rings. The average Bonchev–Trinajstić information content (AvgIpc) is 2.55. The maximum absolute atomic E-state index is 14.2. The molecule has 8 heteroatoms. The van der Waals surface area contributed by atoms with Crippen LogP contribution in [0, 0.1) is 5.82 Å². The van der Waals surface area contributed by atoms with Gasteiger partial charge in [-0.15, -0.1) is 0 Å². The lowest BCUT2D eigenvalue weighted by Gasteiger charge is -2.29. The topological polar surface area (TPSA) is 66.2 Å². The monoisotopic (exact) mass is 357 g/mol. The number of hydrogen-bond acceptors (Lipinski definition) is 5. The van der Waals surface area contributed by atoms with E-state index in [-0.39, 0.29) is 28.5 Å². The summed E-state index contributed by atoms with van der Waals surface area (Å²) >= 11 is 11.6. The van der Waals surface area contributed by atoms with E-state index in [1.54, 1.807) is 6.08 Å². The van der Waals surface area contributed by atoms with Crippen LogP contribution < -0.4 is 5.32 Å². The molecule has 0 radical (unpaired) electrons. The van der Waals surface area contributed by atoms with Gasteiger partial charge >= 0.3 is 0 Å². The van der Waals surface area contributed by atoms with Crippen molar-refractivity contribution in [2.75, 3.05) is 19.1 Å². The number of methoxy groups -OCH3 is 1. The van der Waals surface area contributed by atoms with Crippen molar-refractivity contribution in [3.05, 3.63) is 39.6 Å². The van der Waals surface area contributed by atoms with Gasteiger partial charge in [-0.3, -0.25) is 4.99 Å². The predicted octanol–water partition coefficient (Wildman–Crippen LogP) is 3.06. The van der Waals surface area contributed by atoms with E-state index < -0.39 is 11.9 Å². The van der Waals surface area contributed by atoms with Gasteiger partial charge in [0.05, 0.1) is 33.7 Å². The lowest BCUT2D eigenvalue weighted by Crippen LogP contribution is -2.38. The molecule has 2 atom stereocenters. The van der Waals surface area contributed by atoms with Crippen molar-refractivity contribution in [1.82, 2.24) is 0 Å². The molecule has 2 unspecified atom stereocenters. The maximum Gasteiger partial charge on any atom is 0.166 e. The van der Waals surface area contributed by atoms with Gasteiger partial charge in [-0.25, -0.2) is 9.38 Å². The van der Waals surface area contributed by atoms with Crippen molar-refractivity contribution in [3.8, 4) is 0 Å². The Labute approximate surface area is 142 Å². The van der Waals surface area contributed by atoms with Gasteiger partial charge in [0.1, 0.15) is 12.5 Å². The van der Waals surface area contributed by atoms with Crippen molar-refractivity contribution in [1.29, 1.82) is 0 Å². The highest BCUT2D eigenvalue weighted by molar-refractivity contribution is 6.42. The maximum atomic E-state index is 14.2. The van der Waals surface area contributed by atoms with Crippen LogP contribution in [0.2, 0.25) is 10.0 Å². The van der Waals surface area contributed by atoms with E-state index in [0.717, 1.165) is 5.71 Å². The number of halogens is 3. The van der Waals surface area contributed by atoms with E-state index in [9.17, 15) is 9.50 Å². The summed E-state index contributed by atoms with van der Waals surface area (Å²) in [4.78, 5) is 8.56. The Balaban J connectivity index is 1.90. The molecule has 3 rings (SSSR count). The van der Waals surface area contributed by atoms with Crippen molar-refractivity contribution in [2.24, 2.45) is 9.98 Å². The van der Waals surface area contributed by atoms with Crippen LogP contribution in [0.3, 0.4) is 0 Å². The zero-order valence-electron chi connectivity index (χ0n) is 12.2. The SMILES string of the molecule is COC1CC2=NCN=C(Nc3ccc(Cl)c(Cl)c3F)C2=CC1O. The molecule has 0 spiro atoms. The van der Waals surface area contributed by atoms with E-state index in [1.165, 1.54) is 19.2 Å². The number of nitrogens with zero attached hydrogens (tertiary/aromatic N) is 2. The number of ether oxygens (including phenoxy) is 1. The zero-order valence-corrected chi connectivity index (χ0v) is 13.7. The minimum atomic E-state index is -0.780. The Morgan fingerprint density at radius 3 is 2.87 bits per heavy atom. The largest absolute Gasteiger partial charge is 0.386 e. The lowest BCUT2D eigenvalue weighted by molar-refractivity contribution is 0.0150. The van der Waals surface area contributed by atoms with E-state index in [4.69, 9.17) is 27.9 Å². The second-order valence-electron chi connectivity index (χ2n) is 5.15. The smallest absolute Gasteiger partial charge is 0.166 e. The Morgan fingerprint density at radius 2 is 2.13 bits per heavy atom. The molecule has 0 bridgehead atoms. The highest BCUT2D eigenvalue weighted by atomic mass is 35.5. The van der Waals surface area contributed by atoms with Gasteiger partial charge in [0, 0.05) is 19.1 Å². The molecule has 1 heterocycles. The van der Waals surface area contributed by atoms with Crippen molar-refractivity contribution in [2.45, 2.75) is 18.6 Å². The van der Waals surface area contributed by atoms with Crippen molar-refractivity contribution in [3.63, 3.8) is 0 Å². The summed E-state index contributed by atoms with van der Waals surface area (Å²) in [6, 6.07) is 2.98. The summed E-state index contributed by atoms with van der Waals surface area (Å²) in [7, 11) is 1.54. The molecule has 0 saturated carbocycles. The lowest BCUT2D eigenvalue weighted by atomic mass is 9.91. The number of aliphatic hydroxyl groups is 1. The Bertz CT molecular complexity index is 734. The summed E-state index contributed by atoms with van der Waals surface area (Å²) in [6.45, 7) is 0.227. The molecule has 2 aliphatic rings. The summed E-state index contributed by atoms with van der Waals surface area (Å²) in [6.07, 6.45) is 0.946. The molecule has 0 saturated heterocycles. The van der Waals surface area contributed by atoms with Crippen LogP contribution in [-0.4, -0.2) is 42.6 Å². The number of benzene rings is 1. The normalized spacial score (nSPS) is 23.6. The van der Waals surface area contributed by atoms with Gasteiger partial charge in [-0.1, -0.05) is 23.2 Å². The number of anilines is 1. The van der Waals surface area contributed by atoms with Crippen LogP contribution in [0.15, 0.2) is 33.8 Å². The second kappa shape index (κ2) is 6.57. The van der Waals surface area contributed by atoms with Crippen LogP contribution in [0.4, 0.5) is 10.1 Å². The second-order valence-corrected chi connectivity index (χ2v) is 5.94. The number of rotatable bonds is 2. The fourth-order valence-corrected chi connectivity index (χ4v) is 2.83. The zero-order chi connectivity index (χ0) is 16.6. The van der Waals surface area contributed by atoms with Crippen LogP contribution in [0.1, 0.15) is 6.42 Å². The third kappa shape index (κ3) is 3.12. The van der Waals surface area contributed by atoms with Gasteiger partial charge in [0.25, 0.3) is 0 Å². The first-order chi connectivity index (χ1) is 11.0. The molecule has 122 valence electrons. The van der Waals surface area contributed by atoms with Crippen LogP contribution >= 0.6 is 23.2 Å². The number of hydrogen-bond donors (Lipinski definition) is 2. The number of aliphatic imine (C=N–C) groups is 2. The minimum Gasteiger partial charge on any atom is -0.386 e. The first-order valence-corrected chi connectivity index (χ1v) is 7.68. The molecule has 2 N–H and O–H groups in total. The molecule has 23 heavy (non-hydrogen) atoms. The van der Waals surface area contributed by atoms with E-state index >= 15 is 0 Å². The third-order valence-electron chi connectivity index (χ3n) is 3.76. The molecule has 5 nitrogen and oxygen atoms in total. The van der Waals surface area contributed by atoms with E-state index in [2.05, 4.69) is 15.3 Å². The molecule has 1 aromatic carbocycles. The van der Waals surface area contributed by atoms with E-state index in [0.29, 0.717) is 17.8 Å². The Morgan fingerprint density at radius 1 is 1.35 bits per heavy atom. The highest BCUT2D eigenvalue weighted by Crippen LogP contribution is 2.31. The molecule has 0 amide bonds. The molecule has 1 aliphatic carbocycles. The fraction of sp³-hybridized carbons (Fsp3) is 0.333. The van der Waals surface area contributed by atoms with Gasteiger partial charge in [-0.2, -0.15) is 0 Å². The molecular formula is C15H14Cl2FN3O2. The Hall–Kier alpha value is -1.47. The standard InChI is InChI=1S/C15H14Cl2FN3O2/c1-23-12-5-10-7(4-11(12)22)15(20-6-19-10)21-9-3-2-8(16)13(17)14(9)18/h2-4,11-12,22H,5-6H2,1H3,(H,20,21). The quantitative estimate of drug-likeness (QED) is 0.799. The van der Waals surface area contributed by atoms with Gasteiger partial charge < -0.3 is 15.2 Å². The summed E-state index contributed by atoms with van der Waals surface area (Å²) in [5, 5.41) is 13.0. The minimum absolute atomic E-state index is 0.137. The van der Waals surface area contributed by atoms with Gasteiger partial charge in [-0.05, 0) is 18.2 Å². The van der Waals surface area contributed by atoms with Crippen LogP contribution in [0.5, 0.6) is 0 Å². The molecule has 1 aliphatic heterocycles. The number of nitrogens with one attached hydrogen (secondary N) is 1. The van der Waals surface area contributed by atoms with E-state index in [1.807, 2.05) is 0 Å². The van der Waals surface area contributed by atoms with Crippen molar-refractivity contribution < 1.29 is 14.2 Å². The fourth-order valence-electron chi connectivity index (χ4n) is 2.52. The summed E-state index contributed by atoms with van der Waals surface area (Å²) in [5.41, 5.74) is 1.56. The third-order valence-corrected chi connectivity index (χ3v) is 4.54. The van der Waals surface area contributed by atoms with Gasteiger partial charge in [0.2, 0.25) is 0 Å². The van der Waals surface area contributed by atoms with Crippen LogP contribution in [-0.2, 0) is 4.74 Å². The molecular weight excluding hydrogens is 344 g/mol. The van der Waals surface area contributed by atoms with Crippen molar-refractivity contribution >= 4 is 40.4 Å². The number of aliphatic hydroxyl groups excluding tert-OH is 1. The van der Waals surface area contributed by atoms with Crippen LogP contribution in [0.25, 0.3) is 0 Å². The predicted molar refractivity (Wildman–Crippen MR) is 89.3 cm³/mol. The molecule has 0 fully saturated rings. The first kappa shape index (κ1) is 16.4. The number of fused-ring (bicyclic) bond motifs is 1. The Kier molecular flexibility index (Phi) is 4.68. The molecule has 0 aromatic heterocycles. The summed E-state index contributed by atoms with van der Waals surface area (Å²) < 4.78 is 19.4. The average molecular weight is 358 g/mol. The number of amidine groups is 1. The first-order valence-electron chi connectivity index (χ1n) is 6.93. The summed E-state index contributed by atoms with van der Waals surface area (Å²) in [5.74, 6) is -0.224. The highest BCUT2D eigenvalue weighted by Gasteiger charge is 2.31. The van der Waals surface area contributed by atoms with Gasteiger partial charge in [0.15, 0.2) is 5.82 Å².